The topological polar surface area (TPSA) is 89.6 Å². The van der Waals surface area contributed by atoms with Crippen LogP contribution in [0.5, 0.6) is 5.75 Å². The summed E-state index contributed by atoms with van der Waals surface area (Å²) in [5.41, 5.74) is 1.34. The molecule has 0 aliphatic heterocycles. The maximum absolute atomic E-state index is 12.9. The molecule has 0 aliphatic rings. The molecule has 0 saturated carbocycles. The van der Waals surface area contributed by atoms with Gasteiger partial charge in [-0.25, -0.2) is 4.79 Å². The highest BCUT2D eigenvalue weighted by molar-refractivity contribution is 7.99. The summed E-state index contributed by atoms with van der Waals surface area (Å²) in [6.07, 6.45) is 1.41. The van der Waals surface area contributed by atoms with E-state index in [2.05, 4.69) is 15.3 Å². The fraction of sp³-hybridized carbons (Fsp3) is 0.111. The molecular weight excluding hydrogens is 390 g/mol. The van der Waals surface area contributed by atoms with E-state index in [-0.39, 0.29) is 28.3 Å². The van der Waals surface area contributed by atoms with Gasteiger partial charge in [-0.2, -0.15) is 18.6 Å². The number of halogens is 2. The SMILES string of the molecule is COc1ccc(-c2nnc(SC(F)F)n2/N=C\c2ccc(C(=O)O)cc2)cc1. The molecule has 0 atom stereocenters. The van der Waals surface area contributed by atoms with E-state index in [1.807, 2.05) is 0 Å². The lowest BCUT2D eigenvalue weighted by Gasteiger charge is -2.05. The summed E-state index contributed by atoms with van der Waals surface area (Å²) in [5.74, 6) is -2.81. The molecule has 7 nitrogen and oxygen atoms in total. The van der Waals surface area contributed by atoms with Crippen LogP contribution in [0.4, 0.5) is 8.78 Å². The van der Waals surface area contributed by atoms with Crippen LogP contribution in [0, 0.1) is 0 Å². The summed E-state index contributed by atoms with van der Waals surface area (Å²) in [6.45, 7) is 0. The van der Waals surface area contributed by atoms with Crippen molar-refractivity contribution in [3.05, 3.63) is 59.7 Å². The number of hydrogen-bond donors (Lipinski definition) is 1. The first-order valence-corrected chi connectivity index (χ1v) is 8.78. The van der Waals surface area contributed by atoms with Gasteiger partial charge < -0.3 is 9.84 Å². The number of ether oxygens (including phenoxy) is 1. The number of hydrogen-bond acceptors (Lipinski definition) is 6. The highest BCUT2D eigenvalue weighted by atomic mass is 32.2. The second kappa shape index (κ2) is 8.61. The lowest BCUT2D eigenvalue weighted by molar-refractivity contribution is 0.0697. The monoisotopic (exact) mass is 404 g/mol. The Morgan fingerprint density at radius 1 is 1.18 bits per heavy atom. The van der Waals surface area contributed by atoms with Gasteiger partial charge in [0.15, 0.2) is 5.82 Å². The Balaban J connectivity index is 1.96. The van der Waals surface area contributed by atoms with E-state index in [1.165, 1.54) is 30.1 Å². The molecular formula is C18H14F2N4O3S. The molecule has 1 N–H and O–H groups in total. The number of carboxylic acid groups (broad SMARTS) is 1. The van der Waals surface area contributed by atoms with Gasteiger partial charge in [0, 0.05) is 5.56 Å². The molecule has 3 rings (SSSR count). The number of nitrogens with zero attached hydrogens (tertiary/aromatic N) is 4. The molecule has 0 unspecified atom stereocenters. The second-order valence-corrected chi connectivity index (χ2v) is 6.35. The summed E-state index contributed by atoms with van der Waals surface area (Å²) in [6, 6.07) is 12.8. The molecule has 0 bridgehead atoms. The van der Waals surface area contributed by atoms with Gasteiger partial charge in [0.05, 0.1) is 18.9 Å². The van der Waals surface area contributed by atoms with E-state index in [1.54, 1.807) is 36.4 Å². The number of carbonyl (C=O) groups is 1. The number of methoxy groups -OCH3 is 1. The molecule has 1 heterocycles. The third-order valence-corrected chi connectivity index (χ3v) is 4.28. The number of carboxylic acids is 1. The highest BCUT2D eigenvalue weighted by Gasteiger charge is 2.18. The molecule has 28 heavy (non-hydrogen) atoms. The van der Waals surface area contributed by atoms with Gasteiger partial charge in [0.25, 0.3) is 5.76 Å². The third kappa shape index (κ3) is 4.52. The molecule has 144 valence electrons. The largest absolute Gasteiger partial charge is 0.497 e. The van der Waals surface area contributed by atoms with Crippen LogP contribution in [-0.2, 0) is 0 Å². The number of aromatic carboxylic acids is 1. The van der Waals surface area contributed by atoms with Gasteiger partial charge in [-0.05, 0) is 53.7 Å². The maximum atomic E-state index is 12.9. The number of rotatable bonds is 7. The summed E-state index contributed by atoms with van der Waals surface area (Å²) in [5, 5.41) is 20.9. The predicted octanol–water partition coefficient (Wildman–Crippen LogP) is 3.85. The minimum atomic E-state index is -2.68. The first kappa shape index (κ1) is 19.5. The highest BCUT2D eigenvalue weighted by Crippen LogP contribution is 2.28. The van der Waals surface area contributed by atoms with Crippen LogP contribution in [0.25, 0.3) is 11.4 Å². The van der Waals surface area contributed by atoms with Crippen LogP contribution in [-0.4, -0.2) is 45.0 Å². The van der Waals surface area contributed by atoms with E-state index < -0.39 is 11.7 Å². The molecule has 2 aromatic carbocycles. The summed E-state index contributed by atoms with van der Waals surface area (Å²) in [4.78, 5) is 10.9. The molecule has 0 aliphatic carbocycles. The van der Waals surface area contributed by atoms with Gasteiger partial charge in [-0.1, -0.05) is 12.1 Å². The Morgan fingerprint density at radius 2 is 1.86 bits per heavy atom. The van der Waals surface area contributed by atoms with Crippen molar-refractivity contribution in [2.24, 2.45) is 5.10 Å². The second-order valence-electron chi connectivity index (χ2n) is 5.40. The predicted molar refractivity (Wildman–Crippen MR) is 100 cm³/mol. The van der Waals surface area contributed by atoms with Crippen molar-refractivity contribution in [2.45, 2.75) is 10.9 Å². The number of thioether (sulfide) groups is 1. The quantitative estimate of drug-likeness (QED) is 0.475. The number of aromatic nitrogens is 3. The van der Waals surface area contributed by atoms with Crippen molar-refractivity contribution >= 4 is 23.9 Å². The van der Waals surface area contributed by atoms with Crippen LogP contribution < -0.4 is 4.74 Å². The summed E-state index contributed by atoms with van der Waals surface area (Å²) in [7, 11) is 1.54. The number of benzene rings is 2. The molecule has 0 fully saturated rings. The Labute approximate surface area is 162 Å². The zero-order valence-corrected chi connectivity index (χ0v) is 15.3. The fourth-order valence-electron chi connectivity index (χ4n) is 2.28. The molecule has 0 saturated heterocycles. The average Bonchev–Trinajstić information content (AvgIpc) is 3.08. The maximum Gasteiger partial charge on any atom is 0.335 e. The van der Waals surface area contributed by atoms with Crippen molar-refractivity contribution in [1.82, 2.24) is 14.9 Å². The Bertz CT molecular complexity index is 989. The van der Waals surface area contributed by atoms with Crippen molar-refractivity contribution in [1.29, 1.82) is 0 Å². The lowest BCUT2D eigenvalue weighted by Crippen LogP contribution is -1.99. The van der Waals surface area contributed by atoms with Crippen LogP contribution in [0.2, 0.25) is 0 Å². The fourth-order valence-corrected chi connectivity index (χ4v) is 2.76. The lowest BCUT2D eigenvalue weighted by atomic mass is 10.1. The van der Waals surface area contributed by atoms with Gasteiger partial charge in [0.1, 0.15) is 5.75 Å². The molecule has 3 aromatic rings. The smallest absolute Gasteiger partial charge is 0.335 e. The minimum Gasteiger partial charge on any atom is -0.497 e. The molecule has 0 spiro atoms. The third-order valence-electron chi connectivity index (χ3n) is 3.63. The zero-order chi connectivity index (χ0) is 20.1. The molecule has 0 radical (unpaired) electrons. The van der Waals surface area contributed by atoms with E-state index in [4.69, 9.17) is 9.84 Å². The first-order chi connectivity index (χ1) is 13.5. The number of alkyl halides is 2. The van der Waals surface area contributed by atoms with Gasteiger partial charge in [0.2, 0.25) is 5.16 Å². The standard InChI is InChI=1S/C18H14F2N4O3S/c1-27-14-8-6-12(7-9-14)15-22-23-18(28-17(19)20)24(15)21-10-11-2-4-13(5-3-11)16(25)26/h2-10,17H,1H3,(H,25,26)/b21-10-. The van der Waals surface area contributed by atoms with Gasteiger partial charge >= 0.3 is 5.97 Å². The van der Waals surface area contributed by atoms with Crippen LogP contribution in [0.3, 0.4) is 0 Å². The molecule has 1 aromatic heterocycles. The first-order valence-electron chi connectivity index (χ1n) is 7.90. The molecule has 10 heteroatoms. The van der Waals surface area contributed by atoms with E-state index in [0.717, 1.165) is 0 Å². The van der Waals surface area contributed by atoms with Gasteiger partial charge in [-0.3, -0.25) is 0 Å². The normalized spacial score (nSPS) is 11.3. The Morgan fingerprint density at radius 3 is 2.43 bits per heavy atom. The van der Waals surface area contributed by atoms with E-state index >= 15 is 0 Å². The van der Waals surface area contributed by atoms with Gasteiger partial charge in [-0.15, -0.1) is 10.2 Å². The summed E-state index contributed by atoms with van der Waals surface area (Å²) < 4.78 is 32.0. The molecule has 0 amide bonds. The van der Waals surface area contributed by atoms with E-state index in [9.17, 15) is 13.6 Å². The van der Waals surface area contributed by atoms with Crippen molar-refractivity contribution in [3.63, 3.8) is 0 Å². The average molecular weight is 404 g/mol. The van der Waals surface area contributed by atoms with E-state index in [0.29, 0.717) is 16.9 Å². The van der Waals surface area contributed by atoms with Crippen LogP contribution >= 0.6 is 11.8 Å². The Kier molecular flexibility index (Phi) is 5.99. The summed E-state index contributed by atoms with van der Waals surface area (Å²) >= 11 is 0.230. The van der Waals surface area contributed by atoms with Crippen molar-refractivity contribution < 1.29 is 23.4 Å². The zero-order valence-electron chi connectivity index (χ0n) is 14.5. The Hall–Kier alpha value is -3.27. The van der Waals surface area contributed by atoms with Crippen LogP contribution in [0.15, 0.2) is 58.8 Å². The van der Waals surface area contributed by atoms with Crippen molar-refractivity contribution in [2.75, 3.05) is 7.11 Å². The van der Waals surface area contributed by atoms with Crippen molar-refractivity contribution in [3.8, 4) is 17.1 Å². The van der Waals surface area contributed by atoms with Crippen LogP contribution in [0.1, 0.15) is 15.9 Å². The minimum absolute atomic E-state index is 0.0702.